The van der Waals surface area contributed by atoms with Crippen molar-refractivity contribution < 1.29 is 15.1 Å². The van der Waals surface area contributed by atoms with Gasteiger partial charge >= 0.3 is 0 Å². The van der Waals surface area contributed by atoms with E-state index in [9.17, 15) is 15.6 Å². The third kappa shape index (κ3) is 7.75. The highest BCUT2D eigenvalue weighted by molar-refractivity contribution is 7.22. The molecule has 4 saturated carbocycles. The summed E-state index contributed by atoms with van der Waals surface area (Å²) in [5, 5.41) is 39.6. The van der Waals surface area contributed by atoms with Crippen LogP contribution in [0.15, 0.2) is 76.2 Å². The molecule has 12 heteroatoms. The number of aliphatic imine (C=N–C) groups is 1. The Morgan fingerprint density at radius 3 is 2.44 bits per heavy atom. The summed E-state index contributed by atoms with van der Waals surface area (Å²) in [7, 11) is 0. The van der Waals surface area contributed by atoms with Gasteiger partial charge < -0.3 is 31.1 Å². The maximum Gasteiger partial charge on any atom is 0.299 e. The lowest BCUT2D eigenvalue weighted by molar-refractivity contribution is -0.899. The number of aliphatic hydroxyl groups excluding tert-OH is 1. The molecule has 11 nitrogen and oxygen atoms in total. The van der Waals surface area contributed by atoms with Gasteiger partial charge in [-0.3, -0.25) is 10.1 Å². The molecule has 314 valence electrons. The number of amidine groups is 2. The van der Waals surface area contributed by atoms with Gasteiger partial charge in [0.15, 0.2) is 0 Å². The number of nitrogens with one attached hydrogen (secondary N) is 3. The fourth-order valence-electron chi connectivity index (χ4n) is 13.7. The van der Waals surface area contributed by atoms with Crippen molar-refractivity contribution in [1.82, 2.24) is 25.0 Å². The highest BCUT2D eigenvalue weighted by Gasteiger charge is 2.65. The molecule has 0 amide bonds. The van der Waals surface area contributed by atoms with Gasteiger partial charge in [-0.15, -0.1) is 0 Å². The first-order valence-electron chi connectivity index (χ1n) is 22.2. The van der Waals surface area contributed by atoms with Crippen molar-refractivity contribution in [2.75, 3.05) is 26.2 Å². The minimum absolute atomic E-state index is 0.211. The van der Waals surface area contributed by atoms with Gasteiger partial charge in [0.25, 0.3) is 5.95 Å². The first kappa shape index (κ1) is 40.0. The second kappa shape index (κ2) is 15.2. The summed E-state index contributed by atoms with van der Waals surface area (Å²) in [6.45, 7) is 14.8. The molecule has 4 bridgehead atoms. The maximum atomic E-state index is 10.7. The molecule has 7 aliphatic rings. The SMILES string of the molecule is CC(=C1\CCCN(C2=CC=C(c3cnn(CC45CC6(C)CC(C)(CC(CCC[NH+]7CCCCCC7)(C6)C4)C5)c3C)C(=C(O)O)N2)C1=N)/C(N)=N\c1nc2ccccc2s1. The summed E-state index contributed by atoms with van der Waals surface area (Å²) in [6.07, 6.45) is 23.5. The molecule has 5 heterocycles. The van der Waals surface area contributed by atoms with Gasteiger partial charge in [-0.05, 0) is 155 Å². The van der Waals surface area contributed by atoms with E-state index in [2.05, 4.69) is 40.7 Å². The molecule has 7 N–H and O–H groups in total. The number of allylic oxidation sites excluding steroid dienone is 3. The van der Waals surface area contributed by atoms with Crippen LogP contribution in [0.5, 0.6) is 0 Å². The Morgan fingerprint density at radius 1 is 0.983 bits per heavy atom. The Kier molecular flexibility index (Phi) is 10.3. The number of nitrogens with two attached hydrogens (primary N) is 1. The standard InChI is InChI=1S/C47H63N9O2S/c1-31(40(48)53-43-51-36-14-7-8-15-37(36)59-43)33-13-11-22-55(41(33)49)38-17-16-34(39(52-38)42(57)58)35-23-50-56(32(35)2)30-47-27-44(3)24-45(4,28-47)26-46(25-44,29-47)18-12-21-54-19-9-5-6-10-20-54/h7-8,14-17,23,49,52,57-58H,5-6,9-13,18-22,24-30H2,1-4H3,(H2,48,51,53)/p+1/b33-31-,49-41?. The van der Waals surface area contributed by atoms with Crippen LogP contribution in [0.4, 0.5) is 5.13 Å². The molecule has 3 aromatic rings. The van der Waals surface area contributed by atoms with Crippen LogP contribution < -0.4 is 16.0 Å². The number of fused-ring (bicyclic) bond motifs is 1. The first-order valence-corrected chi connectivity index (χ1v) is 23.0. The predicted octanol–water partition coefficient (Wildman–Crippen LogP) is 8.60. The minimum Gasteiger partial charge on any atom is -0.480 e. The van der Waals surface area contributed by atoms with E-state index in [0.29, 0.717) is 57.4 Å². The summed E-state index contributed by atoms with van der Waals surface area (Å²) in [6, 6.07) is 7.92. The fraction of sp³-hybridized carbons (Fsp3) is 0.574. The monoisotopic (exact) mass is 818 g/mol. The van der Waals surface area contributed by atoms with Crippen molar-refractivity contribution >= 4 is 43.9 Å². The van der Waals surface area contributed by atoms with Crippen molar-refractivity contribution in [1.29, 1.82) is 5.41 Å². The van der Waals surface area contributed by atoms with Gasteiger partial charge in [0.1, 0.15) is 23.2 Å². The largest absolute Gasteiger partial charge is 0.480 e. The van der Waals surface area contributed by atoms with E-state index in [1.54, 1.807) is 0 Å². The van der Waals surface area contributed by atoms with Crippen molar-refractivity contribution in [2.24, 2.45) is 32.4 Å². The van der Waals surface area contributed by atoms with Crippen LogP contribution in [0.25, 0.3) is 15.8 Å². The number of benzene rings is 1. The molecule has 6 fully saturated rings. The number of aromatic nitrogens is 3. The molecule has 59 heavy (non-hydrogen) atoms. The van der Waals surface area contributed by atoms with Gasteiger partial charge in [-0.1, -0.05) is 37.3 Å². The van der Waals surface area contributed by atoms with E-state index >= 15 is 0 Å². The summed E-state index contributed by atoms with van der Waals surface area (Å²) in [4.78, 5) is 13.0. The lowest BCUT2D eigenvalue weighted by atomic mass is 9.35. The Balaban J connectivity index is 0.938. The van der Waals surface area contributed by atoms with Crippen LogP contribution in [-0.2, 0) is 6.54 Å². The van der Waals surface area contributed by atoms with Crippen molar-refractivity contribution in [3.05, 3.63) is 82.5 Å². The lowest BCUT2D eigenvalue weighted by Crippen LogP contribution is -3.11. The number of hydrogen-bond donors (Lipinski definition) is 6. The summed E-state index contributed by atoms with van der Waals surface area (Å²) < 4.78 is 3.27. The van der Waals surface area contributed by atoms with Gasteiger partial charge in [0.2, 0.25) is 5.13 Å². The fourth-order valence-corrected chi connectivity index (χ4v) is 14.6. The number of hydrogen-bond acceptors (Lipinski definition) is 8. The van der Waals surface area contributed by atoms with E-state index in [4.69, 9.17) is 10.8 Å². The quantitative estimate of drug-likeness (QED) is 0.0681. The maximum absolute atomic E-state index is 10.7. The molecule has 4 aliphatic carbocycles. The number of dihydropyridines is 1. The van der Waals surface area contributed by atoms with Crippen molar-refractivity contribution in [3.63, 3.8) is 0 Å². The highest BCUT2D eigenvalue weighted by Crippen LogP contribution is 2.75. The zero-order valence-corrected chi connectivity index (χ0v) is 36.4. The van der Waals surface area contributed by atoms with Crippen LogP contribution in [0, 0.1) is 34.0 Å². The zero-order chi connectivity index (χ0) is 41.2. The second-order valence-electron chi connectivity index (χ2n) is 20.1. The smallest absolute Gasteiger partial charge is 0.299 e. The van der Waals surface area contributed by atoms with Crippen molar-refractivity contribution in [3.8, 4) is 0 Å². The molecular weight excluding hydrogens is 755 g/mol. The van der Waals surface area contributed by atoms with Gasteiger partial charge in [-0.2, -0.15) is 5.10 Å². The van der Waals surface area contributed by atoms with E-state index in [-0.39, 0.29) is 11.1 Å². The number of rotatable bonds is 10. The number of para-hydroxylation sites is 1. The van der Waals surface area contributed by atoms with E-state index < -0.39 is 5.95 Å². The molecule has 2 atom stereocenters. The number of nitrogens with zero attached hydrogens (tertiary/aromatic N) is 5. The number of piperidine rings is 1. The highest BCUT2D eigenvalue weighted by atomic mass is 32.1. The average molecular weight is 819 g/mol. The van der Waals surface area contributed by atoms with Gasteiger partial charge in [-0.25, -0.2) is 9.98 Å². The summed E-state index contributed by atoms with van der Waals surface area (Å²) in [5.41, 5.74) is 13.2. The average Bonchev–Trinajstić information content (AvgIpc) is 3.63. The predicted molar refractivity (Wildman–Crippen MR) is 238 cm³/mol. The Labute approximate surface area is 353 Å². The molecule has 3 aliphatic heterocycles. The molecule has 2 saturated heterocycles. The van der Waals surface area contributed by atoms with Crippen LogP contribution >= 0.6 is 11.3 Å². The first-order chi connectivity index (χ1) is 28.2. The lowest BCUT2D eigenvalue weighted by Gasteiger charge is -2.70. The molecule has 2 aromatic heterocycles. The van der Waals surface area contributed by atoms with Gasteiger partial charge in [0, 0.05) is 35.5 Å². The van der Waals surface area contributed by atoms with E-state index in [0.717, 1.165) is 45.6 Å². The zero-order valence-electron chi connectivity index (χ0n) is 35.6. The van der Waals surface area contributed by atoms with Crippen LogP contribution in [0.3, 0.4) is 0 Å². The number of aliphatic hydroxyl groups is 2. The molecule has 0 spiro atoms. The Morgan fingerprint density at radius 2 is 1.71 bits per heavy atom. The molecule has 0 radical (unpaired) electrons. The molecular formula is C47H64N9O2S+. The van der Waals surface area contributed by atoms with Gasteiger partial charge in [0.05, 0.1) is 36.0 Å². The normalized spacial score (nSPS) is 31.0. The molecule has 2 unspecified atom stereocenters. The van der Waals surface area contributed by atoms with Crippen LogP contribution in [0.1, 0.15) is 122 Å². The molecule has 10 rings (SSSR count). The summed E-state index contributed by atoms with van der Waals surface area (Å²) in [5.74, 6) is 0.466. The molecule has 1 aromatic carbocycles. The van der Waals surface area contributed by atoms with E-state index in [1.807, 2.05) is 59.3 Å². The Hall–Kier alpha value is -4.42. The second-order valence-corrected chi connectivity index (χ2v) is 21.1. The number of quaternary nitrogens is 1. The van der Waals surface area contributed by atoms with Crippen LogP contribution in [-0.4, -0.2) is 67.7 Å². The van der Waals surface area contributed by atoms with E-state index in [1.165, 1.54) is 108 Å². The van der Waals surface area contributed by atoms with Crippen molar-refractivity contribution in [2.45, 2.75) is 124 Å². The number of thiazole rings is 1. The topological polar surface area (TPSA) is 153 Å². The van der Waals surface area contributed by atoms with Crippen LogP contribution in [0.2, 0.25) is 0 Å². The minimum atomic E-state index is -0.789. The Bertz CT molecular complexity index is 2250. The third-order valence-corrected chi connectivity index (χ3v) is 15.8. The number of likely N-dealkylation sites (tertiary alicyclic amines) is 2. The third-order valence-electron chi connectivity index (χ3n) is 14.9. The summed E-state index contributed by atoms with van der Waals surface area (Å²) >= 11 is 1.49.